The van der Waals surface area contributed by atoms with Crippen molar-refractivity contribution in [3.8, 4) is 5.75 Å². The molecule has 0 radical (unpaired) electrons. The second-order valence-electron chi connectivity index (χ2n) is 9.66. The fraction of sp³-hybridized carbons (Fsp3) is 0.615. The average Bonchev–Trinajstić information content (AvgIpc) is 3.26. The SMILES string of the molecule is COc1ccc2cc(C(=O)N3CCC(CC(=O)NCCCN4CCCC[C@@H]4C)CC3)[nH]c2c1. The van der Waals surface area contributed by atoms with E-state index in [0.29, 0.717) is 37.2 Å². The van der Waals surface area contributed by atoms with E-state index < -0.39 is 0 Å². The molecule has 2 amide bonds. The standard InChI is InChI=1S/C26H38N4O3/c1-19-6-3-4-12-29(19)13-5-11-27-25(31)16-20-9-14-30(15-10-20)26(32)24-17-21-7-8-22(33-2)18-23(21)28-24/h7-8,17-20,28H,3-6,9-16H2,1-2H3,(H,27,31)/t19-/m0/s1. The number of rotatable bonds is 8. The van der Waals surface area contributed by atoms with Crippen molar-refractivity contribution in [2.45, 2.75) is 57.9 Å². The van der Waals surface area contributed by atoms with Crippen molar-refractivity contribution in [1.82, 2.24) is 20.1 Å². The van der Waals surface area contributed by atoms with E-state index in [1.54, 1.807) is 7.11 Å². The minimum Gasteiger partial charge on any atom is -0.497 e. The zero-order valence-corrected chi connectivity index (χ0v) is 20.1. The van der Waals surface area contributed by atoms with Gasteiger partial charge in [0.25, 0.3) is 5.91 Å². The Hall–Kier alpha value is -2.54. The fourth-order valence-corrected chi connectivity index (χ4v) is 5.19. The van der Waals surface area contributed by atoms with Gasteiger partial charge < -0.3 is 24.8 Å². The van der Waals surface area contributed by atoms with Gasteiger partial charge in [0.05, 0.1) is 7.11 Å². The zero-order chi connectivity index (χ0) is 23.2. The summed E-state index contributed by atoms with van der Waals surface area (Å²) in [5, 5.41) is 4.11. The van der Waals surface area contributed by atoms with Gasteiger partial charge in [-0.25, -0.2) is 0 Å². The minimum atomic E-state index is 0.0278. The molecule has 3 heterocycles. The van der Waals surface area contributed by atoms with E-state index in [1.807, 2.05) is 29.2 Å². The van der Waals surface area contributed by atoms with Crippen LogP contribution >= 0.6 is 0 Å². The van der Waals surface area contributed by atoms with Gasteiger partial charge in [0.15, 0.2) is 0 Å². The highest BCUT2D eigenvalue weighted by atomic mass is 16.5. The molecule has 2 N–H and O–H groups in total. The number of benzene rings is 1. The van der Waals surface area contributed by atoms with Crippen LogP contribution < -0.4 is 10.1 Å². The van der Waals surface area contributed by atoms with Crippen molar-refractivity contribution in [3.63, 3.8) is 0 Å². The lowest BCUT2D eigenvalue weighted by atomic mass is 9.93. The number of hydrogen-bond donors (Lipinski definition) is 2. The number of methoxy groups -OCH3 is 1. The monoisotopic (exact) mass is 454 g/mol. The largest absolute Gasteiger partial charge is 0.497 e. The van der Waals surface area contributed by atoms with Crippen molar-refractivity contribution in [2.24, 2.45) is 5.92 Å². The van der Waals surface area contributed by atoms with Gasteiger partial charge in [0.1, 0.15) is 11.4 Å². The van der Waals surface area contributed by atoms with E-state index in [-0.39, 0.29) is 11.8 Å². The molecular formula is C26H38N4O3. The Labute approximate surface area is 196 Å². The normalized spacial score (nSPS) is 20.2. The summed E-state index contributed by atoms with van der Waals surface area (Å²) < 4.78 is 5.26. The molecule has 180 valence electrons. The quantitative estimate of drug-likeness (QED) is 0.595. The molecule has 0 saturated carbocycles. The van der Waals surface area contributed by atoms with Crippen molar-refractivity contribution in [1.29, 1.82) is 0 Å². The van der Waals surface area contributed by atoms with Gasteiger partial charge in [-0.15, -0.1) is 0 Å². The molecule has 2 aromatic rings. The molecule has 4 rings (SSSR count). The maximum atomic E-state index is 13.0. The summed E-state index contributed by atoms with van der Waals surface area (Å²) in [6, 6.07) is 8.34. The van der Waals surface area contributed by atoms with Gasteiger partial charge in [-0.05, 0) is 69.7 Å². The van der Waals surface area contributed by atoms with Crippen LogP contribution in [0.5, 0.6) is 5.75 Å². The molecule has 1 aromatic heterocycles. The van der Waals surface area contributed by atoms with E-state index >= 15 is 0 Å². The molecule has 0 unspecified atom stereocenters. The van der Waals surface area contributed by atoms with E-state index in [1.165, 1.54) is 25.8 Å². The highest BCUT2D eigenvalue weighted by Crippen LogP contribution is 2.25. The first-order valence-corrected chi connectivity index (χ1v) is 12.5. The highest BCUT2D eigenvalue weighted by molar-refractivity contribution is 5.98. The van der Waals surface area contributed by atoms with Crippen LogP contribution in [0.4, 0.5) is 0 Å². The van der Waals surface area contributed by atoms with Crippen molar-refractivity contribution >= 4 is 22.7 Å². The minimum absolute atomic E-state index is 0.0278. The summed E-state index contributed by atoms with van der Waals surface area (Å²) in [6.45, 7) is 6.72. The number of fused-ring (bicyclic) bond motifs is 1. The van der Waals surface area contributed by atoms with Crippen LogP contribution in [0, 0.1) is 5.92 Å². The van der Waals surface area contributed by atoms with Crippen LogP contribution in [0.1, 0.15) is 62.4 Å². The van der Waals surface area contributed by atoms with Crippen LogP contribution in [0.3, 0.4) is 0 Å². The predicted octanol–water partition coefficient (Wildman–Crippen LogP) is 3.80. The number of hydrogen-bond acceptors (Lipinski definition) is 4. The molecule has 2 saturated heterocycles. The van der Waals surface area contributed by atoms with Gasteiger partial charge in [0, 0.05) is 55.6 Å². The lowest BCUT2D eigenvalue weighted by Gasteiger charge is -2.33. The molecule has 0 spiro atoms. The molecule has 0 aliphatic carbocycles. The second-order valence-corrected chi connectivity index (χ2v) is 9.66. The Bertz CT molecular complexity index is 948. The number of ether oxygens (including phenoxy) is 1. The third-order valence-corrected chi connectivity index (χ3v) is 7.32. The molecule has 2 aliphatic heterocycles. The summed E-state index contributed by atoms with van der Waals surface area (Å²) in [5.74, 6) is 1.29. The maximum Gasteiger partial charge on any atom is 0.270 e. The van der Waals surface area contributed by atoms with Gasteiger partial charge >= 0.3 is 0 Å². The van der Waals surface area contributed by atoms with Gasteiger partial charge in [-0.2, -0.15) is 0 Å². The third kappa shape index (κ3) is 6.08. The zero-order valence-electron chi connectivity index (χ0n) is 20.1. The molecule has 1 atom stereocenters. The predicted molar refractivity (Wildman–Crippen MR) is 131 cm³/mol. The Morgan fingerprint density at radius 2 is 1.94 bits per heavy atom. The summed E-state index contributed by atoms with van der Waals surface area (Å²) >= 11 is 0. The first-order valence-electron chi connectivity index (χ1n) is 12.5. The first kappa shape index (κ1) is 23.6. The summed E-state index contributed by atoms with van der Waals surface area (Å²) in [5.41, 5.74) is 1.51. The van der Waals surface area contributed by atoms with E-state index in [0.717, 1.165) is 49.0 Å². The van der Waals surface area contributed by atoms with Gasteiger partial charge in [-0.3, -0.25) is 9.59 Å². The van der Waals surface area contributed by atoms with Crippen molar-refractivity contribution < 1.29 is 14.3 Å². The Kier molecular flexibility index (Phi) is 7.91. The van der Waals surface area contributed by atoms with Crippen LogP contribution in [0.2, 0.25) is 0 Å². The Morgan fingerprint density at radius 1 is 1.12 bits per heavy atom. The number of aromatic nitrogens is 1. The van der Waals surface area contributed by atoms with Crippen LogP contribution in [0.25, 0.3) is 10.9 Å². The number of carbonyl (C=O) groups is 2. The average molecular weight is 455 g/mol. The Morgan fingerprint density at radius 3 is 2.70 bits per heavy atom. The number of piperidine rings is 2. The smallest absolute Gasteiger partial charge is 0.270 e. The van der Waals surface area contributed by atoms with Crippen LogP contribution in [-0.4, -0.2) is 72.5 Å². The number of likely N-dealkylation sites (tertiary alicyclic amines) is 2. The number of carbonyl (C=O) groups excluding carboxylic acids is 2. The Balaban J connectivity index is 1.17. The summed E-state index contributed by atoms with van der Waals surface area (Å²) in [6.07, 6.45) is 7.26. The number of nitrogens with one attached hydrogen (secondary N) is 2. The van der Waals surface area contributed by atoms with Crippen LogP contribution in [-0.2, 0) is 4.79 Å². The molecule has 2 fully saturated rings. The number of aromatic amines is 1. The maximum absolute atomic E-state index is 13.0. The fourth-order valence-electron chi connectivity index (χ4n) is 5.19. The topological polar surface area (TPSA) is 77.7 Å². The van der Waals surface area contributed by atoms with Crippen LogP contribution in [0.15, 0.2) is 24.3 Å². The lowest BCUT2D eigenvalue weighted by Crippen LogP contribution is -2.40. The molecular weight excluding hydrogens is 416 g/mol. The van der Waals surface area contributed by atoms with Crippen molar-refractivity contribution in [3.05, 3.63) is 30.0 Å². The lowest BCUT2D eigenvalue weighted by molar-refractivity contribution is -0.122. The number of amides is 2. The molecule has 1 aromatic carbocycles. The highest BCUT2D eigenvalue weighted by Gasteiger charge is 2.26. The summed E-state index contributed by atoms with van der Waals surface area (Å²) in [4.78, 5) is 33.0. The van der Waals surface area contributed by atoms with E-state index in [9.17, 15) is 9.59 Å². The van der Waals surface area contributed by atoms with Crippen molar-refractivity contribution in [2.75, 3.05) is 39.8 Å². The second kappa shape index (κ2) is 11.1. The third-order valence-electron chi connectivity index (χ3n) is 7.32. The molecule has 2 aliphatic rings. The number of H-pyrrole nitrogens is 1. The van der Waals surface area contributed by atoms with Gasteiger partial charge in [0.2, 0.25) is 5.91 Å². The summed E-state index contributed by atoms with van der Waals surface area (Å²) in [7, 11) is 1.64. The number of nitrogens with zero attached hydrogens (tertiary/aromatic N) is 2. The van der Waals surface area contributed by atoms with E-state index in [4.69, 9.17) is 4.74 Å². The van der Waals surface area contributed by atoms with Gasteiger partial charge in [-0.1, -0.05) is 6.42 Å². The first-order chi connectivity index (χ1) is 16.0. The molecule has 33 heavy (non-hydrogen) atoms. The molecule has 0 bridgehead atoms. The molecule has 7 nitrogen and oxygen atoms in total. The molecule has 7 heteroatoms. The van der Waals surface area contributed by atoms with E-state index in [2.05, 4.69) is 22.1 Å².